The zero-order valence-corrected chi connectivity index (χ0v) is 20.6. The molecule has 4 rings (SSSR count). The van der Waals surface area contributed by atoms with Crippen LogP contribution in [0.25, 0.3) is 10.9 Å². The van der Waals surface area contributed by atoms with Gasteiger partial charge in [0.1, 0.15) is 0 Å². The zero-order valence-electron chi connectivity index (χ0n) is 17.4. The summed E-state index contributed by atoms with van der Waals surface area (Å²) in [5.74, 6) is 0.0194. The fourth-order valence-corrected chi connectivity index (χ4v) is 4.26. The molecule has 4 aromatic rings. The molecule has 0 bridgehead atoms. The Labute approximate surface area is 204 Å². The summed E-state index contributed by atoms with van der Waals surface area (Å²) in [6.45, 7) is 4.50. The second kappa shape index (κ2) is 9.40. The van der Waals surface area contributed by atoms with Crippen LogP contribution in [0, 0.1) is 13.8 Å². The first-order chi connectivity index (χ1) is 15.3. The van der Waals surface area contributed by atoms with E-state index in [0.717, 1.165) is 37.8 Å². The van der Waals surface area contributed by atoms with Crippen molar-refractivity contribution in [2.24, 2.45) is 10.2 Å². The molecule has 32 heavy (non-hydrogen) atoms. The minimum atomic E-state index is 0.0194. The quantitative estimate of drug-likeness (QED) is 0.209. The first-order valence-corrected chi connectivity index (χ1v) is 11.4. The molecular weight excluding hydrogens is 508 g/mol. The predicted molar refractivity (Wildman–Crippen MR) is 139 cm³/mol. The number of fused-ring (bicyclic) bond motifs is 1. The van der Waals surface area contributed by atoms with Gasteiger partial charge in [-0.1, -0.05) is 45.7 Å². The molecule has 0 aliphatic heterocycles. The summed E-state index contributed by atoms with van der Waals surface area (Å²) in [4.78, 5) is 0. The van der Waals surface area contributed by atoms with Crippen LogP contribution in [0.1, 0.15) is 16.7 Å². The third-order valence-corrected chi connectivity index (χ3v) is 5.87. The fraction of sp³-hybridized carbons (Fsp3) is 0.125. The van der Waals surface area contributed by atoms with Gasteiger partial charge in [0.05, 0.1) is 12.1 Å². The molecule has 3 aromatic carbocycles. The molecule has 0 unspecified atom stereocenters. The summed E-state index contributed by atoms with van der Waals surface area (Å²) in [5, 5.41) is 24.2. The molecule has 1 heterocycles. The smallest absolute Gasteiger partial charge is 0.221 e. The summed E-state index contributed by atoms with van der Waals surface area (Å²) in [6.07, 6.45) is 0. The number of rotatable bonds is 4. The Morgan fingerprint density at radius 1 is 1.06 bits per heavy atom. The van der Waals surface area contributed by atoms with E-state index in [9.17, 15) is 5.11 Å². The second-order valence-corrected chi connectivity index (χ2v) is 9.29. The van der Waals surface area contributed by atoms with E-state index < -0.39 is 0 Å². The molecule has 0 saturated heterocycles. The number of thiocarbonyl (C=S) groups is 1. The number of aromatic nitrogens is 1. The highest BCUT2D eigenvalue weighted by Gasteiger charge is 2.17. The van der Waals surface area contributed by atoms with Crippen molar-refractivity contribution in [3.63, 3.8) is 0 Å². The van der Waals surface area contributed by atoms with Crippen LogP contribution in [0.5, 0.6) is 5.88 Å². The van der Waals surface area contributed by atoms with Crippen LogP contribution in [-0.4, -0.2) is 14.8 Å². The normalized spacial score (nSPS) is 11.4. The van der Waals surface area contributed by atoms with Crippen molar-refractivity contribution in [1.29, 1.82) is 0 Å². The first-order valence-electron chi connectivity index (χ1n) is 9.86. The van der Waals surface area contributed by atoms with Gasteiger partial charge in [-0.3, -0.25) is 0 Å². The lowest BCUT2D eigenvalue weighted by Gasteiger charge is -2.07. The maximum absolute atomic E-state index is 11.0. The lowest BCUT2D eigenvalue weighted by Crippen LogP contribution is -2.05. The predicted octanol–water partition coefficient (Wildman–Crippen LogP) is 7.91. The van der Waals surface area contributed by atoms with Gasteiger partial charge in [-0.25, -0.2) is 0 Å². The van der Waals surface area contributed by atoms with Gasteiger partial charge >= 0.3 is 0 Å². The van der Waals surface area contributed by atoms with E-state index in [2.05, 4.69) is 37.5 Å². The van der Waals surface area contributed by atoms with Crippen LogP contribution in [0.2, 0.25) is 5.02 Å². The number of hydrogen-bond acceptors (Lipinski definition) is 3. The van der Waals surface area contributed by atoms with E-state index in [1.54, 1.807) is 4.57 Å². The largest absolute Gasteiger partial charge is 0.493 e. The van der Waals surface area contributed by atoms with E-state index in [4.69, 9.17) is 23.8 Å². The Morgan fingerprint density at radius 2 is 1.75 bits per heavy atom. The van der Waals surface area contributed by atoms with Gasteiger partial charge in [-0.2, -0.15) is 0 Å². The van der Waals surface area contributed by atoms with Crippen molar-refractivity contribution in [1.82, 2.24) is 4.57 Å². The summed E-state index contributed by atoms with van der Waals surface area (Å²) in [7, 11) is 0. The third kappa shape index (κ3) is 5.01. The number of aryl methyl sites for hydroxylation is 2. The van der Waals surface area contributed by atoms with E-state index in [-0.39, 0.29) is 11.0 Å². The van der Waals surface area contributed by atoms with Crippen LogP contribution >= 0.6 is 39.7 Å². The van der Waals surface area contributed by atoms with Crippen LogP contribution in [0.15, 0.2) is 75.4 Å². The molecule has 1 aromatic heterocycles. The minimum absolute atomic E-state index is 0.0194. The molecule has 2 N–H and O–H groups in total. The summed E-state index contributed by atoms with van der Waals surface area (Å²) < 4.78 is 2.67. The maximum atomic E-state index is 11.0. The second-order valence-electron chi connectivity index (χ2n) is 7.55. The molecule has 0 aliphatic carbocycles. The summed E-state index contributed by atoms with van der Waals surface area (Å²) in [5.41, 5.74) is 5.30. The number of aromatic hydroxyl groups is 1. The standard InChI is InChI=1S/C24H20BrClN4OS/c1-14-9-15(2)11-19(10-14)27-24(32)29-28-22-20-12-17(25)5-8-21(20)30(23(22)31)13-16-3-6-18(26)7-4-16/h3-12,31H,13H2,1-2H3,(H,27,32). The highest BCUT2D eigenvalue weighted by atomic mass is 79.9. The molecular formula is C24H20BrClN4OS. The van der Waals surface area contributed by atoms with E-state index in [1.165, 1.54) is 0 Å². The Morgan fingerprint density at radius 3 is 2.44 bits per heavy atom. The first kappa shape index (κ1) is 22.5. The number of nitrogens with zero attached hydrogens (tertiary/aromatic N) is 3. The van der Waals surface area contributed by atoms with Crippen LogP contribution < -0.4 is 5.32 Å². The molecule has 0 atom stereocenters. The van der Waals surface area contributed by atoms with Gasteiger partial charge in [0.25, 0.3) is 0 Å². The zero-order chi connectivity index (χ0) is 22.8. The molecule has 0 amide bonds. The number of azo groups is 1. The average Bonchev–Trinajstić information content (AvgIpc) is 2.97. The number of anilines is 1. The minimum Gasteiger partial charge on any atom is -0.493 e. The fourth-order valence-electron chi connectivity index (χ4n) is 3.62. The number of halogens is 2. The van der Waals surface area contributed by atoms with Gasteiger partial charge in [0.2, 0.25) is 11.0 Å². The molecule has 0 saturated carbocycles. The maximum Gasteiger partial charge on any atom is 0.221 e. The molecule has 0 radical (unpaired) electrons. The highest BCUT2D eigenvalue weighted by molar-refractivity contribution is 9.10. The van der Waals surface area contributed by atoms with Gasteiger partial charge in [0.15, 0.2) is 5.69 Å². The molecule has 0 fully saturated rings. The molecule has 162 valence electrons. The molecule has 0 spiro atoms. The molecule has 5 nitrogen and oxygen atoms in total. The van der Waals surface area contributed by atoms with Crippen LogP contribution in [0.4, 0.5) is 11.4 Å². The van der Waals surface area contributed by atoms with Crippen molar-refractivity contribution in [2.75, 3.05) is 5.32 Å². The lowest BCUT2D eigenvalue weighted by molar-refractivity contribution is 0.429. The third-order valence-electron chi connectivity index (χ3n) is 4.94. The van der Waals surface area contributed by atoms with Crippen LogP contribution in [0.3, 0.4) is 0 Å². The number of nitrogens with one attached hydrogen (secondary N) is 1. The van der Waals surface area contributed by atoms with Crippen molar-refractivity contribution in [3.8, 4) is 5.88 Å². The van der Waals surface area contributed by atoms with Gasteiger partial charge in [-0.15, -0.1) is 10.2 Å². The Bertz CT molecular complexity index is 1330. The Kier molecular flexibility index (Phi) is 6.60. The van der Waals surface area contributed by atoms with E-state index in [0.29, 0.717) is 17.3 Å². The summed E-state index contributed by atoms with van der Waals surface area (Å²) >= 11 is 14.9. The van der Waals surface area contributed by atoms with E-state index in [1.807, 2.05) is 68.4 Å². The van der Waals surface area contributed by atoms with Crippen molar-refractivity contribution in [3.05, 3.63) is 86.8 Å². The van der Waals surface area contributed by atoms with Gasteiger partial charge in [0, 0.05) is 20.6 Å². The topological polar surface area (TPSA) is 61.9 Å². The number of hydrogen-bond donors (Lipinski definition) is 2. The van der Waals surface area contributed by atoms with Gasteiger partial charge in [-0.05, 0) is 85.2 Å². The Balaban J connectivity index is 1.67. The number of benzene rings is 3. The Hall–Kier alpha value is -2.74. The van der Waals surface area contributed by atoms with Crippen LogP contribution in [-0.2, 0) is 6.54 Å². The monoisotopic (exact) mass is 526 g/mol. The van der Waals surface area contributed by atoms with Crippen molar-refractivity contribution in [2.45, 2.75) is 20.4 Å². The molecule has 8 heteroatoms. The van der Waals surface area contributed by atoms with Gasteiger partial charge < -0.3 is 15.0 Å². The highest BCUT2D eigenvalue weighted by Crippen LogP contribution is 2.40. The SMILES string of the molecule is Cc1cc(C)cc(NC(=S)N=Nc2c(O)n(Cc3ccc(Cl)cc3)c3ccc(Br)cc23)c1. The van der Waals surface area contributed by atoms with Crippen molar-refractivity contribution >= 4 is 67.1 Å². The summed E-state index contributed by atoms with van der Waals surface area (Å²) in [6, 6.07) is 19.3. The van der Waals surface area contributed by atoms with E-state index >= 15 is 0 Å². The lowest BCUT2D eigenvalue weighted by atomic mass is 10.1. The average molecular weight is 528 g/mol. The molecule has 0 aliphatic rings. The van der Waals surface area contributed by atoms with Crippen molar-refractivity contribution < 1.29 is 5.11 Å².